The standard InChI is InChI=1S/C13H25NO/c1-12(2,3)14-8-4-6-13(10-14)7-5-9-15-11-13/h4-11H2,1-3H3. The highest BCUT2D eigenvalue weighted by Crippen LogP contribution is 2.39. The molecule has 15 heavy (non-hydrogen) atoms. The lowest BCUT2D eigenvalue weighted by Gasteiger charge is -2.49. The van der Waals surface area contributed by atoms with Gasteiger partial charge >= 0.3 is 0 Å². The molecule has 0 bridgehead atoms. The van der Waals surface area contributed by atoms with Crippen LogP contribution in [0, 0.1) is 5.41 Å². The fraction of sp³-hybridized carbons (Fsp3) is 1.00. The molecule has 2 heterocycles. The van der Waals surface area contributed by atoms with Gasteiger partial charge in [0.1, 0.15) is 0 Å². The molecule has 2 fully saturated rings. The average molecular weight is 211 g/mol. The molecule has 2 aliphatic heterocycles. The third-order valence-electron chi connectivity index (χ3n) is 4.01. The summed E-state index contributed by atoms with van der Waals surface area (Å²) in [4.78, 5) is 2.64. The Kier molecular flexibility index (Phi) is 3.09. The molecule has 0 amide bonds. The number of piperidine rings is 1. The Balaban J connectivity index is 2.02. The van der Waals surface area contributed by atoms with Crippen molar-refractivity contribution in [3.63, 3.8) is 0 Å². The molecule has 2 aliphatic rings. The van der Waals surface area contributed by atoms with Gasteiger partial charge in [-0.25, -0.2) is 0 Å². The lowest BCUT2D eigenvalue weighted by molar-refractivity contribution is -0.0670. The lowest BCUT2D eigenvalue weighted by atomic mass is 9.75. The summed E-state index contributed by atoms with van der Waals surface area (Å²) >= 11 is 0. The van der Waals surface area contributed by atoms with Crippen LogP contribution >= 0.6 is 0 Å². The van der Waals surface area contributed by atoms with Crippen molar-refractivity contribution < 1.29 is 4.74 Å². The van der Waals surface area contributed by atoms with Gasteiger partial charge in [0.05, 0.1) is 6.61 Å². The van der Waals surface area contributed by atoms with Crippen LogP contribution < -0.4 is 0 Å². The molecule has 2 heteroatoms. The van der Waals surface area contributed by atoms with Crippen LogP contribution in [0.3, 0.4) is 0 Å². The number of rotatable bonds is 0. The van der Waals surface area contributed by atoms with Gasteiger partial charge in [-0.3, -0.25) is 4.90 Å². The van der Waals surface area contributed by atoms with Crippen molar-refractivity contribution in [2.45, 2.75) is 52.0 Å². The molecule has 0 N–H and O–H groups in total. The van der Waals surface area contributed by atoms with E-state index in [0.717, 1.165) is 13.2 Å². The molecule has 0 saturated carbocycles. The van der Waals surface area contributed by atoms with Crippen LogP contribution in [0.5, 0.6) is 0 Å². The van der Waals surface area contributed by atoms with E-state index in [0.29, 0.717) is 11.0 Å². The first kappa shape index (κ1) is 11.4. The summed E-state index contributed by atoms with van der Waals surface area (Å²) in [5.41, 5.74) is 0.814. The Labute approximate surface area is 94.0 Å². The summed E-state index contributed by atoms with van der Waals surface area (Å²) in [5.74, 6) is 0. The normalized spacial score (nSPS) is 34.6. The van der Waals surface area contributed by atoms with Crippen LogP contribution in [0.15, 0.2) is 0 Å². The number of nitrogens with zero attached hydrogens (tertiary/aromatic N) is 1. The van der Waals surface area contributed by atoms with Crippen molar-refractivity contribution in [2.75, 3.05) is 26.3 Å². The quantitative estimate of drug-likeness (QED) is 0.611. The summed E-state index contributed by atoms with van der Waals surface area (Å²) in [6.07, 6.45) is 5.36. The van der Waals surface area contributed by atoms with Crippen LogP contribution in [0.2, 0.25) is 0 Å². The van der Waals surface area contributed by atoms with E-state index in [1.807, 2.05) is 0 Å². The van der Waals surface area contributed by atoms with Crippen molar-refractivity contribution in [1.29, 1.82) is 0 Å². The minimum atomic E-state index is 0.324. The molecule has 1 spiro atoms. The minimum Gasteiger partial charge on any atom is -0.381 e. The van der Waals surface area contributed by atoms with Crippen LogP contribution in [-0.4, -0.2) is 36.7 Å². The molecule has 2 rings (SSSR count). The Bertz CT molecular complexity index is 208. The number of hydrogen-bond acceptors (Lipinski definition) is 2. The second-order valence-corrected chi connectivity index (χ2v) is 6.35. The Morgan fingerprint density at radius 1 is 1.13 bits per heavy atom. The van der Waals surface area contributed by atoms with Gasteiger partial charge in [0, 0.05) is 24.1 Å². The van der Waals surface area contributed by atoms with Crippen LogP contribution in [0.1, 0.15) is 46.5 Å². The van der Waals surface area contributed by atoms with Gasteiger partial charge in [-0.05, 0) is 53.0 Å². The average Bonchev–Trinajstić information content (AvgIpc) is 2.18. The smallest absolute Gasteiger partial charge is 0.0534 e. The van der Waals surface area contributed by atoms with Crippen LogP contribution in [0.25, 0.3) is 0 Å². The highest BCUT2D eigenvalue weighted by Gasteiger charge is 2.39. The first-order valence-electron chi connectivity index (χ1n) is 6.35. The molecule has 88 valence electrons. The Morgan fingerprint density at radius 2 is 1.87 bits per heavy atom. The Hall–Kier alpha value is -0.0800. The maximum atomic E-state index is 5.70. The predicted molar refractivity (Wildman–Crippen MR) is 63.0 cm³/mol. The zero-order chi connectivity index (χ0) is 10.9. The van der Waals surface area contributed by atoms with E-state index in [2.05, 4.69) is 25.7 Å². The van der Waals surface area contributed by atoms with Crippen molar-refractivity contribution in [3.8, 4) is 0 Å². The van der Waals surface area contributed by atoms with Crippen LogP contribution in [0.4, 0.5) is 0 Å². The maximum Gasteiger partial charge on any atom is 0.0534 e. The van der Waals surface area contributed by atoms with Crippen molar-refractivity contribution in [3.05, 3.63) is 0 Å². The number of ether oxygens (including phenoxy) is 1. The number of likely N-dealkylation sites (tertiary alicyclic amines) is 1. The SMILES string of the molecule is CC(C)(C)N1CCCC2(CCCOC2)C1. The second kappa shape index (κ2) is 4.06. The fourth-order valence-corrected chi connectivity index (χ4v) is 3.01. The van der Waals surface area contributed by atoms with Gasteiger partial charge in [-0.2, -0.15) is 0 Å². The van der Waals surface area contributed by atoms with Gasteiger partial charge in [0.2, 0.25) is 0 Å². The van der Waals surface area contributed by atoms with Crippen molar-refractivity contribution in [2.24, 2.45) is 5.41 Å². The molecule has 0 aromatic heterocycles. The lowest BCUT2D eigenvalue weighted by Crippen LogP contribution is -2.53. The minimum absolute atomic E-state index is 0.324. The molecule has 0 aliphatic carbocycles. The largest absolute Gasteiger partial charge is 0.381 e. The summed E-state index contributed by atoms with van der Waals surface area (Å²) in [6, 6.07) is 0. The molecule has 1 unspecified atom stereocenters. The Morgan fingerprint density at radius 3 is 2.47 bits per heavy atom. The van der Waals surface area contributed by atoms with Crippen LogP contribution in [-0.2, 0) is 4.74 Å². The van der Waals surface area contributed by atoms with E-state index in [-0.39, 0.29) is 0 Å². The monoisotopic (exact) mass is 211 g/mol. The second-order valence-electron chi connectivity index (χ2n) is 6.35. The zero-order valence-corrected chi connectivity index (χ0v) is 10.5. The highest BCUT2D eigenvalue weighted by atomic mass is 16.5. The summed E-state index contributed by atoms with van der Waals surface area (Å²) < 4.78 is 5.70. The number of hydrogen-bond donors (Lipinski definition) is 0. The fourth-order valence-electron chi connectivity index (χ4n) is 3.01. The van der Waals surface area contributed by atoms with E-state index in [1.165, 1.54) is 38.8 Å². The van der Waals surface area contributed by atoms with E-state index >= 15 is 0 Å². The van der Waals surface area contributed by atoms with Gasteiger partial charge in [0.25, 0.3) is 0 Å². The van der Waals surface area contributed by atoms with Gasteiger partial charge in [-0.15, -0.1) is 0 Å². The third-order valence-corrected chi connectivity index (χ3v) is 4.01. The van der Waals surface area contributed by atoms with Gasteiger partial charge in [0.15, 0.2) is 0 Å². The molecular weight excluding hydrogens is 186 g/mol. The highest BCUT2D eigenvalue weighted by molar-refractivity contribution is 4.92. The predicted octanol–water partition coefficient (Wildman–Crippen LogP) is 2.68. The van der Waals surface area contributed by atoms with E-state index in [1.54, 1.807) is 0 Å². The van der Waals surface area contributed by atoms with Gasteiger partial charge in [-0.1, -0.05) is 0 Å². The molecule has 0 aromatic carbocycles. The molecular formula is C13H25NO. The molecule has 2 nitrogen and oxygen atoms in total. The van der Waals surface area contributed by atoms with Gasteiger partial charge < -0.3 is 4.74 Å². The molecule has 0 radical (unpaired) electrons. The van der Waals surface area contributed by atoms with Crippen molar-refractivity contribution in [1.82, 2.24) is 4.90 Å². The topological polar surface area (TPSA) is 12.5 Å². The summed E-state index contributed by atoms with van der Waals surface area (Å²) in [5, 5.41) is 0. The first-order valence-corrected chi connectivity index (χ1v) is 6.35. The van der Waals surface area contributed by atoms with E-state index in [9.17, 15) is 0 Å². The van der Waals surface area contributed by atoms with E-state index in [4.69, 9.17) is 4.74 Å². The third kappa shape index (κ3) is 2.54. The molecule has 1 atom stereocenters. The molecule has 2 saturated heterocycles. The maximum absolute atomic E-state index is 5.70. The summed E-state index contributed by atoms with van der Waals surface area (Å²) in [6.45, 7) is 11.5. The zero-order valence-electron chi connectivity index (χ0n) is 10.5. The van der Waals surface area contributed by atoms with E-state index < -0.39 is 0 Å². The molecule has 0 aromatic rings. The first-order chi connectivity index (χ1) is 7.02. The van der Waals surface area contributed by atoms with Crippen molar-refractivity contribution >= 4 is 0 Å². The summed E-state index contributed by atoms with van der Waals surface area (Å²) in [7, 11) is 0.